The second-order valence-electron chi connectivity index (χ2n) is 9.65. The highest BCUT2D eigenvalue weighted by molar-refractivity contribution is 7.91. The van der Waals surface area contributed by atoms with Crippen molar-refractivity contribution in [2.75, 3.05) is 5.88 Å². The number of aromatic nitrogens is 3. The molecule has 1 atom stereocenters. The number of fused-ring (bicyclic) bond motifs is 1. The fourth-order valence-electron chi connectivity index (χ4n) is 4.58. The molecule has 2 aliphatic carbocycles. The van der Waals surface area contributed by atoms with Gasteiger partial charge in [-0.3, -0.25) is 14.8 Å². The van der Waals surface area contributed by atoms with Gasteiger partial charge in [0.05, 0.1) is 11.1 Å². The Morgan fingerprint density at radius 2 is 2.03 bits per heavy atom. The molecule has 3 aromatic rings. The molecule has 2 N–H and O–H groups in total. The Bertz CT molecular complexity index is 1400. The van der Waals surface area contributed by atoms with Crippen LogP contribution in [-0.4, -0.2) is 40.1 Å². The fraction of sp³-hybridized carbons (Fsp3) is 0.400. The van der Waals surface area contributed by atoms with E-state index in [0.29, 0.717) is 23.1 Å². The zero-order valence-corrected chi connectivity index (χ0v) is 21.3. The van der Waals surface area contributed by atoms with Crippen LogP contribution >= 0.6 is 11.6 Å². The number of nitrogens with zero attached hydrogens (tertiary/aromatic N) is 3. The van der Waals surface area contributed by atoms with E-state index in [4.69, 9.17) is 21.4 Å². The van der Waals surface area contributed by atoms with Crippen molar-refractivity contribution in [1.82, 2.24) is 20.1 Å². The second kappa shape index (κ2) is 9.49. The van der Waals surface area contributed by atoms with Crippen LogP contribution < -0.4 is 10.1 Å². The molecule has 1 aromatic carbocycles. The maximum atomic E-state index is 13.3. The number of sulfone groups is 1. The van der Waals surface area contributed by atoms with Gasteiger partial charge in [-0.1, -0.05) is 18.5 Å². The normalized spacial score (nSPS) is 18.4. The molecule has 9 nitrogen and oxygen atoms in total. The van der Waals surface area contributed by atoms with E-state index in [2.05, 4.69) is 22.3 Å². The van der Waals surface area contributed by atoms with E-state index in [0.717, 1.165) is 42.5 Å². The molecule has 5 rings (SSSR count). The highest BCUT2D eigenvalue weighted by Gasteiger charge is 2.42. The smallest absolute Gasteiger partial charge is 0.325 e. The number of halogens is 1. The van der Waals surface area contributed by atoms with Gasteiger partial charge in [-0.15, -0.1) is 0 Å². The molecule has 0 bridgehead atoms. The van der Waals surface area contributed by atoms with Crippen molar-refractivity contribution < 1.29 is 23.1 Å². The second-order valence-corrected chi connectivity index (χ2v) is 12.1. The first-order valence-electron chi connectivity index (χ1n) is 11.8. The highest BCUT2D eigenvalue weighted by atomic mass is 35.5. The molecule has 0 amide bonds. The third-order valence-corrected chi connectivity index (χ3v) is 8.67. The zero-order chi connectivity index (χ0) is 25.5. The van der Waals surface area contributed by atoms with Crippen LogP contribution in [-0.2, 0) is 33.0 Å². The van der Waals surface area contributed by atoms with Crippen molar-refractivity contribution in [3.8, 4) is 11.6 Å². The average Bonchev–Trinajstić information content (AvgIpc) is 3.47. The number of ether oxygens (including phenoxy) is 1. The van der Waals surface area contributed by atoms with Crippen molar-refractivity contribution in [3.63, 3.8) is 0 Å². The monoisotopic (exact) mass is 530 g/mol. The lowest BCUT2D eigenvalue weighted by molar-refractivity contribution is -0.137. The number of nitrogens with one attached hydrogen (secondary N) is 1. The van der Waals surface area contributed by atoms with E-state index in [1.54, 1.807) is 36.5 Å². The third-order valence-electron chi connectivity index (χ3n) is 6.93. The van der Waals surface area contributed by atoms with Gasteiger partial charge >= 0.3 is 5.97 Å². The van der Waals surface area contributed by atoms with Gasteiger partial charge in [0.1, 0.15) is 18.2 Å². The van der Waals surface area contributed by atoms with Crippen molar-refractivity contribution in [1.29, 1.82) is 0 Å². The molecule has 11 heteroatoms. The van der Waals surface area contributed by atoms with Gasteiger partial charge in [0.2, 0.25) is 5.88 Å². The van der Waals surface area contributed by atoms with Crippen LogP contribution in [0.25, 0.3) is 0 Å². The zero-order valence-electron chi connectivity index (χ0n) is 19.8. The molecular weight excluding hydrogens is 504 g/mol. The Morgan fingerprint density at radius 1 is 1.28 bits per heavy atom. The number of carbonyl (C=O) groups is 1. The van der Waals surface area contributed by atoms with Crippen LogP contribution in [0, 0.1) is 0 Å². The van der Waals surface area contributed by atoms with Crippen molar-refractivity contribution >= 4 is 27.4 Å². The standard InChI is InChI=1S/C25H27ClN4O5S/c1-25(9-10-25)20-11-18(12-27-24(20)35-17-7-5-16(26)6-8-17)36(33,34)15-28-21-3-2-4-22-19(21)13-29-30(22)14-23(31)32/h5-8,11-13,21,28H,2-4,9-10,14-15H2,1H3,(H,31,32)/t21-/m1/s1. The molecule has 0 aliphatic heterocycles. The number of rotatable bonds is 9. The van der Waals surface area contributed by atoms with Gasteiger partial charge in [-0.05, 0) is 67.9 Å². The summed E-state index contributed by atoms with van der Waals surface area (Å²) < 4.78 is 34.0. The fourth-order valence-corrected chi connectivity index (χ4v) is 5.80. The Kier molecular flexibility index (Phi) is 6.52. The molecule has 1 saturated carbocycles. The summed E-state index contributed by atoms with van der Waals surface area (Å²) >= 11 is 5.96. The van der Waals surface area contributed by atoms with E-state index < -0.39 is 15.8 Å². The molecule has 2 aromatic heterocycles. The van der Waals surface area contributed by atoms with E-state index >= 15 is 0 Å². The van der Waals surface area contributed by atoms with Crippen molar-refractivity contribution in [2.24, 2.45) is 0 Å². The van der Waals surface area contributed by atoms with E-state index in [1.807, 2.05) is 0 Å². The maximum Gasteiger partial charge on any atom is 0.325 e. The first kappa shape index (κ1) is 24.7. The van der Waals surface area contributed by atoms with Gasteiger partial charge in [0.25, 0.3) is 0 Å². The van der Waals surface area contributed by atoms with E-state index in [1.165, 1.54) is 10.9 Å². The lowest BCUT2D eigenvalue weighted by Crippen LogP contribution is -2.30. The summed E-state index contributed by atoms with van der Waals surface area (Å²) in [4.78, 5) is 15.7. The molecule has 1 fully saturated rings. The Hall–Kier alpha value is -2.95. The number of pyridine rings is 1. The summed E-state index contributed by atoms with van der Waals surface area (Å²) in [5.74, 6) is -0.260. The largest absolute Gasteiger partial charge is 0.480 e. The number of carboxylic acids is 1. The van der Waals surface area contributed by atoms with Gasteiger partial charge in [0, 0.05) is 34.1 Å². The summed E-state index contributed by atoms with van der Waals surface area (Å²) in [5.41, 5.74) is 2.29. The van der Waals surface area contributed by atoms with Crippen LogP contribution in [0.2, 0.25) is 5.02 Å². The van der Waals surface area contributed by atoms with Crippen molar-refractivity contribution in [3.05, 3.63) is 64.6 Å². The predicted molar refractivity (Wildman–Crippen MR) is 133 cm³/mol. The average molecular weight is 531 g/mol. The van der Waals surface area contributed by atoms with Crippen LogP contribution in [0.4, 0.5) is 0 Å². The minimum Gasteiger partial charge on any atom is -0.480 e. The van der Waals surface area contributed by atoms with Crippen LogP contribution in [0.5, 0.6) is 11.6 Å². The molecule has 2 heterocycles. The number of benzene rings is 1. The SMILES string of the molecule is CC1(c2cc(S(=O)(=O)CN[C@@H]3CCCc4c3cnn4CC(=O)O)cnc2Oc2ccc(Cl)cc2)CC1. The van der Waals surface area contributed by atoms with E-state index in [9.17, 15) is 13.2 Å². The van der Waals surface area contributed by atoms with E-state index in [-0.39, 0.29) is 28.8 Å². The van der Waals surface area contributed by atoms with Gasteiger partial charge in [0.15, 0.2) is 9.84 Å². The summed E-state index contributed by atoms with van der Waals surface area (Å²) in [6.07, 6.45) is 7.12. The minimum absolute atomic E-state index is 0.138. The minimum atomic E-state index is -3.69. The third kappa shape index (κ3) is 5.11. The van der Waals surface area contributed by atoms with Crippen molar-refractivity contribution in [2.45, 2.75) is 61.9 Å². The molecular formula is C25H27ClN4O5S. The predicted octanol–water partition coefficient (Wildman–Crippen LogP) is 4.26. The Labute approximate surface area is 214 Å². The first-order chi connectivity index (χ1) is 17.1. The molecule has 0 unspecified atom stereocenters. The summed E-state index contributed by atoms with van der Waals surface area (Å²) in [6, 6.07) is 8.40. The lowest BCUT2D eigenvalue weighted by atomic mass is 9.93. The molecule has 2 aliphatic rings. The van der Waals surface area contributed by atoms with Crippen LogP contribution in [0.3, 0.4) is 0 Å². The summed E-state index contributed by atoms with van der Waals surface area (Å²) in [6.45, 7) is 1.86. The molecule has 190 valence electrons. The number of carboxylic acid groups (broad SMARTS) is 1. The van der Waals surface area contributed by atoms with Gasteiger partial charge in [-0.25, -0.2) is 13.4 Å². The van der Waals surface area contributed by atoms with Crippen LogP contribution in [0.1, 0.15) is 55.5 Å². The number of hydrogen-bond donors (Lipinski definition) is 2. The molecule has 0 spiro atoms. The molecule has 0 saturated heterocycles. The lowest BCUT2D eigenvalue weighted by Gasteiger charge is -2.24. The number of aliphatic carboxylic acids is 1. The molecule has 36 heavy (non-hydrogen) atoms. The highest BCUT2D eigenvalue weighted by Crippen LogP contribution is 2.51. The number of hydrogen-bond acceptors (Lipinski definition) is 7. The first-order valence-corrected chi connectivity index (χ1v) is 13.8. The topological polar surface area (TPSA) is 123 Å². The summed E-state index contributed by atoms with van der Waals surface area (Å²) in [7, 11) is -3.69. The maximum absolute atomic E-state index is 13.3. The quantitative estimate of drug-likeness (QED) is 0.420. The summed E-state index contributed by atoms with van der Waals surface area (Å²) in [5, 5.41) is 17.1. The van der Waals surface area contributed by atoms with Gasteiger partial charge < -0.3 is 9.84 Å². The molecule has 0 radical (unpaired) electrons. The Balaban J connectivity index is 1.35. The van der Waals surface area contributed by atoms with Crippen LogP contribution in [0.15, 0.2) is 47.6 Å². The van der Waals surface area contributed by atoms with Gasteiger partial charge in [-0.2, -0.15) is 5.10 Å². The Morgan fingerprint density at radius 3 is 2.72 bits per heavy atom.